The van der Waals surface area contributed by atoms with Crippen LogP contribution >= 0.6 is 24.0 Å². The maximum Gasteiger partial charge on any atom is 0.224 e. The Bertz CT molecular complexity index is 501. The lowest BCUT2D eigenvalue weighted by molar-refractivity contribution is -0.116. The number of nitrogens with one attached hydrogen (secondary N) is 2. The largest absolute Gasteiger partial charge is 0.370 e. The first kappa shape index (κ1) is 20.7. The maximum atomic E-state index is 11.8. The van der Waals surface area contributed by atoms with Crippen molar-refractivity contribution in [1.82, 2.24) is 5.32 Å². The molecular weight excluding hydrogens is 391 g/mol. The number of carbonyl (C=O) groups is 1. The molecule has 0 heterocycles. The Morgan fingerprint density at radius 3 is 2.55 bits per heavy atom. The summed E-state index contributed by atoms with van der Waals surface area (Å²) in [5.41, 5.74) is 7.57. The van der Waals surface area contributed by atoms with Crippen LogP contribution in [0.25, 0.3) is 0 Å². The zero-order valence-corrected chi connectivity index (χ0v) is 16.0. The summed E-state index contributed by atoms with van der Waals surface area (Å²) in [6.45, 7) is 8.55. The van der Waals surface area contributed by atoms with E-state index >= 15 is 0 Å². The molecule has 0 saturated carbocycles. The van der Waals surface area contributed by atoms with Crippen LogP contribution in [0.5, 0.6) is 0 Å². The second kappa shape index (κ2) is 10.4. The average Bonchev–Trinajstić information content (AvgIpc) is 2.35. The van der Waals surface area contributed by atoms with Crippen molar-refractivity contribution < 1.29 is 4.79 Å². The van der Waals surface area contributed by atoms with Crippen LogP contribution in [0.4, 0.5) is 5.69 Å². The minimum Gasteiger partial charge on any atom is -0.370 e. The van der Waals surface area contributed by atoms with Crippen LogP contribution in [-0.4, -0.2) is 17.9 Å². The van der Waals surface area contributed by atoms with E-state index < -0.39 is 0 Å². The molecule has 0 aliphatic heterocycles. The standard InChI is InChI=1S/C16H26N4O.HI/c1-11(2)8-15(21)20-14-7-5-6-13(9-14)10-18-16(17)19-12(3)4;/h5-7,9,11-12H,8,10H2,1-4H3,(H,20,21)(H3,17,18,19);1H. The van der Waals surface area contributed by atoms with Crippen molar-refractivity contribution in [2.24, 2.45) is 16.6 Å². The first-order valence-corrected chi connectivity index (χ1v) is 7.32. The first-order chi connectivity index (χ1) is 9.86. The highest BCUT2D eigenvalue weighted by Crippen LogP contribution is 2.13. The quantitative estimate of drug-likeness (QED) is 0.377. The molecule has 0 aromatic heterocycles. The number of nitrogens with two attached hydrogens (primary N) is 1. The number of guanidine groups is 1. The van der Waals surface area contributed by atoms with Crippen molar-refractivity contribution >= 4 is 41.5 Å². The molecule has 1 aromatic carbocycles. The van der Waals surface area contributed by atoms with Gasteiger partial charge in [-0.15, -0.1) is 24.0 Å². The van der Waals surface area contributed by atoms with Gasteiger partial charge in [0, 0.05) is 18.2 Å². The van der Waals surface area contributed by atoms with E-state index in [0.29, 0.717) is 24.8 Å². The zero-order chi connectivity index (χ0) is 15.8. The highest BCUT2D eigenvalue weighted by molar-refractivity contribution is 14.0. The molecule has 1 rings (SSSR count). The number of hydrogen-bond donors (Lipinski definition) is 3. The van der Waals surface area contributed by atoms with E-state index in [0.717, 1.165) is 11.3 Å². The molecule has 0 fully saturated rings. The number of nitrogens with zero attached hydrogens (tertiary/aromatic N) is 1. The zero-order valence-electron chi connectivity index (χ0n) is 13.7. The summed E-state index contributed by atoms with van der Waals surface area (Å²) >= 11 is 0. The van der Waals surface area contributed by atoms with Gasteiger partial charge in [-0.05, 0) is 37.5 Å². The highest BCUT2D eigenvalue weighted by Gasteiger charge is 2.05. The lowest BCUT2D eigenvalue weighted by Crippen LogP contribution is -2.36. The Hall–Kier alpha value is -1.31. The van der Waals surface area contributed by atoms with Crippen molar-refractivity contribution in [2.75, 3.05) is 5.32 Å². The van der Waals surface area contributed by atoms with Crippen LogP contribution in [0.2, 0.25) is 0 Å². The molecule has 1 amide bonds. The summed E-state index contributed by atoms with van der Waals surface area (Å²) in [7, 11) is 0. The van der Waals surface area contributed by atoms with Crippen molar-refractivity contribution in [3.05, 3.63) is 29.8 Å². The highest BCUT2D eigenvalue weighted by atomic mass is 127. The van der Waals surface area contributed by atoms with Crippen LogP contribution < -0.4 is 16.4 Å². The van der Waals surface area contributed by atoms with Gasteiger partial charge < -0.3 is 16.4 Å². The normalized spacial score (nSPS) is 11.3. The molecule has 5 nitrogen and oxygen atoms in total. The Morgan fingerprint density at radius 1 is 1.27 bits per heavy atom. The maximum absolute atomic E-state index is 11.8. The van der Waals surface area contributed by atoms with Crippen LogP contribution in [0.3, 0.4) is 0 Å². The Morgan fingerprint density at radius 2 is 1.95 bits per heavy atom. The molecule has 0 bridgehead atoms. The number of hydrogen-bond acceptors (Lipinski definition) is 2. The third kappa shape index (κ3) is 8.86. The van der Waals surface area contributed by atoms with Crippen molar-refractivity contribution in [3.8, 4) is 0 Å². The summed E-state index contributed by atoms with van der Waals surface area (Å²) < 4.78 is 0. The van der Waals surface area contributed by atoms with Gasteiger partial charge in [-0.1, -0.05) is 26.0 Å². The summed E-state index contributed by atoms with van der Waals surface area (Å²) in [6, 6.07) is 7.92. The summed E-state index contributed by atoms with van der Waals surface area (Å²) in [5.74, 6) is 0.811. The minimum atomic E-state index is 0. The van der Waals surface area contributed by atoms with Crippen molar-refractivity contribution in [2.45, 2.75) is 46.7 Å². The predicted molar refractivity (Wildman–Crippen MR) is 104 cm³/mol. The molecule has 6 heteroatoms. The number of carbonyl (C=O) groups excluding carboxylic acids is 1. The van der Waals surface area contributed by atoms with E-state index in [1.165, 1.54) is 0 Å². The van der Waals surface area contributed by atoms with Crippen LogP contribution in [0, 0.1) is 5.92 Å². The lowest BCUT2D eigenvalue weighted by atomic mass is 10.1. The second-order valence-electron chi connectivity index (χ2n) is 5.85. The molecule has 0 aliphatic carbocycles. The van der Waals surface area contributed by atoms with Crippen molar-refractivity contribution in [1.29, 1.82) is 0 Å². The lowest BCUT2D eigenvalue weighted by Gasteiger charge is -2.10. The minimum absolute atomic E-state index is 0. The van der Waals surface area contributed by atoms with Gasteiger partial charge in [0.05, 0.1) is 6.54 Å². The number of benzene rings is 1. The van der Waals surface area contributed by atoms with Gasteiger partial charge in [-0.2, -0.15) is 0 Å². The predicted octanol–water partition coefficient (Wildman–Crippen LogP) is 3.10. The fourth-order valence-corrected chi connectivity index (χ4v) is 1.85. The van der Waals surface area contributed by atoms with Crippen LogP contribution in [-0.2, 0) is 11.3 Å². The third-order valence-corrected chi connectivity index (χ3v) is 2.67. The molecule has 0 saturated heterocycles. The molecule has 0 unspecified atom stereocenters. The van der Waals surface area contributed by atoms with Crippen molar-refractivity contribution in [3.63, 3.8) is 0 Å². The molecule has 0 aliphatic rings. The fraction of sp³-hybridized carbons (Fsp3) is 0.500. The summed E-state index contributed by atoms with van der Waals surface area (Å²) in [6.07, 6.45) is 0.521. The monoisotopic (exact) mass is 418 g/mol. The third-order valence-electron chi connectivity index (χ3n) is 2.67. The van der Waals surface area contributed by atoms with E-state index in [4.69, 9.17) is 5.73 Å². The number of aliphatic imine (C=N–C) groups is 1. The Labute approximate surface area is 150 Å². The van der Waals surface area contributed by atoms with Gasteiger partial charge in [0.1, 0.15) is 0 Å². The first-order valence-electron chi connectivity index (χ1n) is 7.32. The molecule has 22 heavy (non-hydrogen) atoms. The van der Waals surface area contributed by atoms with E-state index in [1.807, 2.05) is 52.0 Å². The van der Waals surface area contributed by atoms with E-state index in [-0.39, 0.29) is 35.9 Å². The molecule has 0 radical (unpaired) electrons. The summed E-state index contributed by atoms with van der Waals surface area (Å²) in [4.78, 5) is 16.0. The van der Waals surface area contributed by atoms with E-state index in [2.05, 4.69) is 15.6 Å². The van der Waals surface area contributed by atoms with Crippen LogP contribution in [0.15, 0.2) is 29.3 Å². The average molecular weight is 418 g/mol. The van der Waals surface area contributed by atoms with E-state index in [1.54, 1.807) is 0 Å². The molecule has 4 N–H and O–H groups in total. The molecule has 0 atom stereocenters. The molecular formula is C16H27IN4O. The fourth-order valence-electron chi connectivity index (χ4n) is 1.85. The summed E-state index contributed by atoms with van der Waals surface area (Å²) in [5, 5.41) is 5.94. The van der Waals surface area contributed by atoms with Gasteiger partial charge in [0.25, 0.3) is 0 Å². The van der Waals surface area contributed by atoms with Crippen LogP contribution in [0.1, 0.15) is 39.7 Å². The van der Waals surface area contributed by atoms with E-state index in [9.17, 15) is 4.79 Å². The second-order valence-corrected chi connectivity index (χ2v) is 5.85. The SMILES string of the molecule is CC(C)CC(=O)Nc1cccc(CN=C(N)NC(C)C)c1.I. The van der Waals surface area contributed by atoms with Gasteiger partial charge in [-0.25, -0.2) is 4.99 Å². The number of rotatable bonds is 6. The molecule has 0 spiro atoms. The van der Waals surface area contributed by atoms with Gasteiger partial charge in [0.15, 0.2) is 5.96 Å². The van der Waals surface area contributed by atoms with Gasteiger partial charge in [0.2, 0.25) is 5.91 Å². The topological polar surface area (TPSA) is 79.5 Å². The Kier molecular flexibility index (Phi) is 9.80. The molecule has 124 valence electrons. The number of amides is 1. The smallest absolute Gasteiger partial charge is 0.224 e. The van der Waals surface area contributed by atoms with Gasteiger partial charge in [-0.3, -0.25) is 4.79 Å². The Balaban J connectivity index is 0.00000441. The number of halogens is 1. The van der Waals surface area contributed by atoms with Gasteiger partial charge >= 0.3 is 0 Å². The number of anilines is 1. The molecule has 1 aromatic rings.